The number of amides is 1. The smallest absolute Gasteiger partial charge is 0.388 e. The third-order valence-electron chi connectivity index (χ3n) is 1.42. The molecule has 0 unspecified atom stereocenters. The lowest BCUT2D eigenvalue weighted by atomic mass is 10.1. The Labute approximate surface area is 84.3 Å². The van der Waals surface area contributed by atoms with Gasteiger partial charge in [0, 0.05) is 0 Å². The maximum atomic E-state index is 10.4. The quantitative estimate of drug-likeness (QED) is 0.264. The van der Waals surface area contributed by atoms with E-state index in [1.165, 1.54) is 0 Å². The number of carbonyl (C=O) groups excluding carboxylic acids is 1. The highest BCUT2D eigenvalue weighted by molar-refractivity contribution is 7.46. The van der Waals surface area contributed by atoms with Crippen LogP contribution in [0.4, 0.5) is 0 Å². The second-order valence-corrected chi connectivity index (χ2v) is 3.93. The third kappa shape index (κ3) is 5.80. The molecule has 0 aromatic carbocycles. The van der Waals surface area contributed by atoms with E-state index >= 15 is 0 Å². The lowest BCUT2D eigenvalue weighted by molar-refractivity contribution is -0.138. The molecular weight excluding hydrogens is 233 g/mol. The van der Waals surface area contributed by atoms with Crippen LogP contribution in [0.3, 0.4) is 0 Å². The molecular formula is C5H12NO8P. The number of hydrogen-bond acceptors (Lipinski definition) is 6. The van der Waals surface area contributed by atoms with Crippen molar-refractivity contribution in [2.75, 3.05) is 6.61 Å². The monoisotopic (exact) mass is 245 g/mol. The number of aliphatic hydroxyl groups excluding tert-OH is 3. The Morgan fingerprint density at radius 3 is 2.13 bits per heavy atom. The van der Waals surface area contributed by atoms with Crippen molar-refractivity contribution in [3.63, 3.8) is 0 Å². The molecule has 0 bridgehead atoms. The molecule has 0 aromatic rings. The van der Waals surface area contributed by atoms with Gasteiger partial charge in [-0.25, -0.2) is 4.57 Å². The van der Waals surface area contributed by atoms with Gasteiger partial charge in [-0.05, 0) is 0 Å². The zero-order chi connectivity index (χ0) is 12.2. The van der Waals surface area contributed by atoms with Crippen molar-refractivity contribution in [1.82, 2.24) is 0 Å². The predicted octanol–water partition coefficient (Wildman–Crippen LogP) is -3.34. The second kappa shape index (κ2) is 5.52. The summed E-state index contributed by atoms with van der Waals surface area (Å²) in [7, 11) is -4.78. The maximum absolute atomic E-state index is 10.4. The minimum absolute atomic E-state index is 0.949. The van der Waals surface area contributed by atoms with E-state index in [2.05, 4.69) is 10.3 Å². The number of hydrogen-bond donors (Lipinski definition) is 6. The number of phosphoric ester groups is 1. The van der Waals surface area contributed by atoms with E-state index in [9.17, 15) is 9.36 Å². The average molecular weight is 245 g/mol. The summed E-state index contributed by atoms with van der Waals surface area (Å²) in [6, 6.07) is 0. The molecule has 0 aromatic heterocycles. The summed E-state index contributed by atoms with van der Waals surface area (Å²) in [5.74, 6) is -1.28. The minimum atomic E-state index is -4.78. The number of aliphatic hydroxyl groups is 3. The number of phosphoric acid groups is 1. The Bertz CT molecular complexity index is 264. The summed E-state index contributed by atoms with van der Waals surface area (Å²) >= 11 is 0. The Kier molecular flexibility index (Phi) is 5.32. The van der Waals surface area contributed by atoms with Crippen LogP contribution in [0.25, 0.3) is 0 Å². The molecule has 0 saturated heterocycles. The van der Waals surface area contributed by atoms with Crippen LogP contribution in [0, 0.1) is 0 Å². The topological polar surface area (TPSA) is 171 Å². The molecule has 90 valence electrons. The van der Waals surface area contributed by atoms with Gasteiger partial charge >= 0.3 is 7.82 Å². The fourth-order valence-electron chi connectivity index (χ4n) is 0.651. The van der Waals surface area contributed by atoms with Crippen molar-refractivity contribution >= 4 is 13.7 Å². The molecule has 1 amide bonds. The van der Waals surface area contributed by atoms with Gasteiger partial charge in [0.15, 0.2) is 6.10 Å². The van der Waals surface area contributed by atoms with E-state index in [1.54, 1.807) is 0 Å². The van der Waals surface area contributed by atoms with Gasteiger partial charge in [0.1, 0.15) is 12.2 Å². The number of primary amides is 1. The SMILES string of the molecule is NC(=O)[C@@H](O)[C@H](O)[C@H](O)COP(=O)(O)O. The van der Waals surface area contributed by atoms with Crippen LogP contribution >= 0.6 is 7.82 Å². The molecule has 0 fully saturated rings. The first-order valence-corrected chi connectivity index (χ1v) is 5.22. The molecule has 10 heteroatoms. The highest BCUT2D eigenvalue weighted by Crippen LogP contribution is 2.35. The Morgan fingerprint density at radius 2 is 1.80 bits per heavy atom. The van der Waals surface area contributed by atoms with Crippen molar-refractivity contribution in [1.29, 1.82) is 0 Å². The lowest BCUT2D eigenvalue weighted by Crippen LogP contribution is -2.46. The van der Waals surface area contributed by atoms with Crippen LogP contribution in [0.2, 0.25) is 0 Å². The molecule has 7 N–H and O–H groups in total. The first-order valence-electron chi connectivity index (χ1n) is 3.68. The Balaban J connectivity index is 4.16. The van der Waals surface area contributed by atoms with Crippen molar-refractivity contribution in [2.24, 2.45) is 5.73 Å². The van der Waals surface area contributed by atoms with Gasteiger partial charge in [-0.3, -0.25) is 9.32 Å². The molecule has 3 atom stereocenters. The van der Waals surface area contributed by atoms with E-state index in [-0.39, 0.29) is 0 Å². The lowest BCUT2D eigenvalue weighted by Gasteiger charge is -2.20. The summed E-state index contributed by atoms with van der Waals surface area (Å²) in [5.41, 5.74) is 4.60. The summed E-state index contributed by atoms with van der Waals surface area (Å²) < 4.78 is 14.0. The highest BCUT2D eigenvalue weighted by Gasteiger charge is 2.30. The molecule has 0 aliphatic rings. The molecule has 0 saturated carbocycles. The molecule has 9 nitrogen and oxygen atoms in total. The first-order chi connectivity index (χ1) is 6.65. The molecule has 0 heterocycles. The number of rotatable bonds is 6. The second-order valence-electron chi connectivity index (χ2n) is 2.69. The fraction of sp³-hybridized carbons (Fsp3) is 0.800. The van der Waals surface area contributed by atoms with E-state index in [0.29, 0.717) is 0 Å². The Hall–Kier alpha value is -0.540. The van der Waals surface area contributed by atoms with E-state index in [4.69, 9.17) is 25.1 Å². The first kappa shape index (κ1) is 14.5. The molecule has 15 heavy (non-hydrogen) atoms. The van der Waals surface area contributed by atoms with E-state index < -0.39 is 38.6 Å². The minimum Gasteiger partial charge on any atom is -0.388 e. The number of carbonyl (C=O) groups is 1. The summed E-state index contributed by atoms with van der Waals surface area (Å²) in [6.07, 6.45) is -5.87. The number of nitrogens with two attached hydrogens (primary N) is 1. The van der Waals surface area contributed by atoms with Crippen LogP contribution < -0.4 is 5.73 Å². The van der Waals surface area contributed by atoms with Gasteiger partial charge < -0.3 is 30.8 Å². The zero-order valence-electron chi connectivity index (χ0n) is 7.42. The van der Waals surface area contributed by atoms with E-state index in [0.717, 1.165) is 0 Å². The van der Waals surface area contributed by atoms with Crippen molar-refractivity contribution in [3.8, 4) is 0 Å². The molecule has 0 spiro atoms. The van der Waals surface area contributed by atoms with Crippen LogP contribution in [0.1, 0.15) is 0 Å². The van der Waals surface area contributed by atoms with Gasteiger partial charge in [-0.2, -0.15) is 0 Å². The van der Waals surface area contributed by atoms with Crippen molar-refractivity contribution < 1.29 is 39.0 Å². The van der Waals surface area contributed by atoms with Crippen LogP contribution in [0.5, 0.6) is 0 Å². The van der Waals surface area contributed by atoms with Gasteiger partial charge in [-0.1, -0.05) is 0 Å². The molecule has 0 radical (unpaired) electrons. The van der Waals surface area contributed by atoms with E-state index in [1.807, 2.05) is 0 Å². The molecule has 0 rings (SSSR count). The van der Waals surface area contributed by atoms with Gasteiger partial charge in [0.05, 0.1) is 6.61 Å². The van der Waals surface area contributed by atoms with Crippen molar-refractivity contribution in [2.45, 2.75) is 18.3 Å². The largest absolute Gasteiger partial charge is 0.469 e. The summed E-state index contributed by atoms with van der Waals surface area (Å²) in [5, 5.41) is 26.9. The van der Waals surface area contributed by atoms with Gasteiger partial charge in [0.2, 0.25) is 5.91 Å². The normalized spacial score (nSPS) is 18.2. The van der Waals surface area contributed by atoms with Crippen molar-refractivity contribution in [3.05, 3.63) is 0 Å². The van der Waals surface area contributed by atoms with Gasteiger partial charge in [0.25, 0.3) is 0 Å². The van der Waals surface area contributed by atoms with Crippen LogP contribution in [0.15, 0.2) is 0 Å². The van der Waals surface area contributed by atoms with Crippen LogP contribution in [-0.4, -0.2) is 55.9 Å². The summed E-state index contributed by atoms with van der Waals surface area (Å²) in [6.45, 7) is -0.949. The third-order valence-corrected chi connectivity index (χ3v) is 1.91. The fourth-order valence-corrected chi connectivity index (χ4v) is 0.998. The summed E-state index contributed by atoms with van der Waals surface area (Å²) in [4.78, 5) is 26.8. The standard InChI is InChI=1S/C5H12NO8P/c6-5(10)4(9)3(8)2(7)1-14-15(11,12)13/h2-4,7-9H,1H2,(H2,6,10)(H2,11,12,13)/t2-,3-,4+/m1/s1. The Morgan fingerprint density at radius 1 is 1.33 bits per heavy atom. The maximum Gasteiger partial charge on any atom is 0.469 e. The average Bonchev–Trinajstić information content (AvgIpc) is 2.10. The predicted molar refractivity (Wildman–Crippen MR) is 45.2 cm³/mol. The molecule has 0 aliphatic carbocycles. The zero-order valence-corrected chi connectivity index (χ0v) is 8.32. The van der Waals surface area contributed by atoms with Gasteiger partial charge in [-0.15, -0.1) is 0 Å². The molecule has 0 aliphatic heterocycles. The van der Waals surface area contributed by atoms with Crippen LogP contribution in [-0.2, 0) is 13.9 Å². The highest BCUT2D eigenvalue weighted by atomic mass is 31.2.